The zero-order valence-corrected chi connectivity index (χ0v) is 16.5. The summed E-state index contributed by atoms with van der Waals surface area (Å²) in [5.74, 6) is 0.754. The van der Waals surface area contributed by atoms with Crippen molar-refractivity contribution in [3.63, 3.8) is 0 Å². The molecule has 0 radical (unpaired) electrons. The summed E-state index contributed by atoms with van der Waals surface area (Å²) < 4.78 is 9.60. The number of benzene rings is 2. The molecule has 2 aromatic carbocycles. The van der Waals surface area contributed by atoms with Crippen LogP contribution in [0.4, 0.5) is 11.4 Å². The molecule has 4 rings (SSSR count). The fourth-order valence-corrected chi connectivity index (χ4v) is 3.58. The smallest absolute Gasteiger partial charge is 0.224 e. The lowest BCUT2D eigenvalue weighted by molar-refractivity contribution is -0.117. The molecule has 148 valence electrons. The number of aryl methyl sites for hydroxylation is 1. The van der Waals surface area contributed by atoms with Crippen LogP contribution < -0.4 is 15.4 Å². The van der Waals surface area contributed by atoms with Crippen molar-refractivity contribution in [2.45, 2.75) is 25.7 Å². The summed E-state index contributed by atoms with van der Waals surface area (Å²) in [7, 11) is 0. The summed E-state index contributed by atoms with van der Waals surface area (Å²) in [5, 5.41) is 11.6. The first-order chi connectivity index (χ1) is 14.2. The van der Waals surface area contributed by atoms with Crippen LogP contribution in [0, 0.1) is 0 Å². The second-order valence-corrected chi connectivity index (χ2v) is 7.34. The topological polar surface area (TPSA) is 93.2 Å². The zero-order chi connectivity index (χ0) is 20.1. The van der Waals surface area contributed by atoms with Crippen LogP contribution in [0.3, 0.4) is 0 Å². The van der Waals surface area contributed by atoms with Gasteiger partial charge in [0, 0.05) is 35.2 Å². The first-order valence-electron chi connectivity index (χ1n) is 9.40. The lowest BCUT2D eigenvalue weighted by Crippen LogP contribution is -2.18. The van der Waals surface area contributed by atoms with Gasteiger partial charge in [0.2, 0.25) is 11.8 Å². The number of carbonyl (C=O) groups excluding carboxylic acids is 2. The fraction of sp³-hybridized carbons (Fsp3) is 0.238. The SMILES string of the molecule is O=C(CCCOc1ccc2c(c1)CCC(=O)N2)Nc1ccc(-c2csnn2)cc1. The third-order valence-electron chi connectivity index (χ3n) is 4.61. The number of hydrogen-bond acceptors (Lipinski definition) is 6. The van der Waals surface area contributed by atoms with Gasteiger partial charge in [0.15, 0.2) is 0 Å². The molecule has 2 amide bonds. The average molecular weight is 408 g/mol. The minimum Gasteiger partial charge on any atom is -0.494 e. The Kier molecular flexibility index (Phi) is 5.81. The van der Waals surface area contributed by atoms with Crippen molar-refractivity contribution < 1.29 is 14.3 Å². The van der Waals surface area contributed by atoms with Crippen molar-refractivity contribution in [3.05, 3.63) is 53.4 Å². The summed E-state index contributed by atoms with van der Waals surface area (Å²) in [4.78, 5) is 23.5. The molecular formula is C21H20N4O3S. The monoisotopic (exact) mass is 408 g/mol. The molecule has 0 unspecified atom stereocenters. The van der Waals surface area contributed by atoms with Crippen LogP contribution in [-0.4, -0.2) is 28.0 Å². The molecule has 3 aromatic rings. The van der Waals surface area contributed by atoms with E-state index in [9.17, 15) is 9.59 Å². The van der Waals surface area contributed by atoms with Crippen molar-refractivity contribution in [1.29, 1.82) is 0 Å². The van der Waals surface area contributed by atoms with Gasteiger partial charge in [-0.2, -0.15) is 0 Å². The highest BCUT2D eigenvalue weighted by Gasteiger charge is 2.15. The van der Waals surface area contributed by atoms with Crippen LogP contribution in [0.2, 0.25) is 0 Å². The molecule has 29 heavy (non-hydrogen) atoms. The van der Waals surface area contributed by atoms with Crippen LogP contribution in [0.1, 0.15) is 24.8 Å². The number of nitrogens with zero attached hydrogens (tertiary/aromatic N) is 2. The van der Waals surface area contributed by atoms with E-state index in [1.54, 1.807) is 0 Å². The van der Waals surface area contributed by atoms with Gasteiger partial charge < -0.3 is 15.4 Å². The van der Waals surface area contributed by atoms with E-state index in [1.165, 1.54) is 11.5 Å². The molecule has 0 aliphatic carbocycles. The van der Waals surface area contributed by atoms with E-state index in [0.717, 1.165) is 40.4 Å². The van der Waals surface area contributed by atoms with E-state index in [0.29, 0.717) is 25.9 Å². The van der Waals surface area contributed by atoms with E-state index >= 15 is 0 Å². The van der Waals surface area contributed by atoms with Gasteiger partial charge in [0.1, 0.15) is 11.4 Å². The lowest BCUT2D eigenvalue weighted by atomic mass is 10.0. The first-order valence-corrected chi connectivity index (χ1v) is 10.2. The Hall–Kier alpha value is -3.26. The number of carbonyl (C=O) groups is 2. The quantitative estimate of drug-likeness (QED) is 0.579. The summed E-state index contributed by atoms with van der Waals surface area (Å²) in [6, 6.07) is 13.2. The van der Waals surface area contributed by atoms with Crippen molar-refractivity contribution in [3.8, 4) is 17.0 Å². The minimum atomic E-state index is -0.0511. The molecule has 2 N–H and O–H groups in total. The van der Waals surface area contributed by atoms with Crippen LogP contribution in [0.25, 0.3) is 11.3 Å². The third-order valence-corrected chi connectivity index (χ3v) is 5.12. The van der Waals surface area contributed by atoms with Gasteiger partial charge in [-0.05, 0) is 60.3 Å². The normalized spacial score (nSPS) is 12.8. The van der Waals surface area contributed by atoms with Gasteiger partial charge in [-0.25, -0.2) is 0 Å². The lowest BCUT2D eigenvalue weighted by Gasteiger charge is -2.17. The molecule has 0 fully saturated rings. The van der Waals surface area contributed by atoms with Crippen LogP contribution >= 0.6 is 11.5 Å². The van der Waals surface area contributed by atoms with Crippen molar-refractivity contribution >= 4 is 34.7 Å². The van der Waals surface area contributed by atoms with Crippen LogP contribution in [0.5, 0.6) is 5.75 Å². The van der Waals surface area contributed by atoms with Gasteiger partial charge in [0.25, 0.3) is 0 Å². The van der Waals surface area contributed by atoms with Gasteiger partial charge in [0.05, 0.1) is 6.61 Å². The molecule has 1 aliphatic heterocycles. The van der Waals surface area contributed by atoms with E-state index < -0.39 is 0 Å². The van der Waals surface area contributed by atoms with E-state index in [-0.39, 0.29) is 11.8 Å². The number of amides is 2. The highest BCUT2D eigenvalue weighted by molar-refractivity contribution is 7.03. The number of aromatic nitrogens is 2. The maximum atomic E-state index is 12.1. The maximum Gasteiger partial charge on any atom is 0.224 e. The van der Waals surface area contributed by atoms with Gasteiger partial charge >= 0.3 is 0 Å². The number of nitrogens with one attached hydrogen (secondary N) is 2. The standard InChI is InChI=1S/C21H20N4O3S/c26-20(22-16-6-3-14(4-7-16)19-13-29-25-24-19)2-1-11-28-17-8-9-18-15(12-17)5-10-21(27)23-18/h3-4,6-9,12-13H,1-2,5,10-11H2,(H,22,26)(H,23,27). The predicted octanol–water partition coefficient (Wildman–Crippen LogP) is 3.89. The van der Waals surface area contributed by atoms with Gasteiger partial charge in [-0.15, -0.1) is 5.10 Å². The maximum absolute atomic E-state index is 12.1. The van der Waals surface area contributed by atoms with Crippen molar-refractivity contribution in [2.75, 3.05) is 17.2 Å². The van der Waals surface area contributed by atoms with Crippen LogP contribution in [0.15, 0.2) is 47.8 Å². The summed E-state index contributed by atoms with van der Waals surface area (Å²) in [6.45, 7) is 0.453. The second kappa shape index (κ2) is 8.83. The predicted molar refractivity (Wildman–Crippen MR) is 112 cm³/mol. The molecule has 0 spiro atoms. The Labute approximate surface area is 172 Å². The fourth-order valence-electron chi connectivity index (χ4n) is 3.11. The third kappa shape index (κ3) is 4.97. The molecule has 8 heteroatoms. The summed E-state index contributed by atoms with van der Waals surface area (Å²) in [5.41, 5.74) is 4.48. The number of anilines is 2. The number of fused-ring (bicyclic) bond motifs is 1. The largest absolute Gasteiger partial charge is 0.494 e. The molecule has 0 bridgehead atoms. The molecular weight excluding hydrogens is 388 g/mol. The van der Waals surface area contributed by atoms with Crippen molar-refractivity contribution in [1.82, 2.24) is 9.59 Å². The number of hydrogen-bond donors (Lipinski definition) is 2. The Morgan fingerprint density at radius 2 is 2.03 bits per heavy atom. The minimum absolute atomic E-state index is 0.0481. The molecule has 7 nitrogen and oxygen atoms in total. The molecule has 1 aliphatic rings. The summed E-state index contributed by atoms with van der Waals surface area (Å²) in [6.07, 6.45) is 2.21. The van der Waals surface area contributed by atoms with E-state index in [4.69, 9.17) is 4.74 Å². The molecule has 0 saturated heterocycles. The second-order valence-electron chi connectivity index (χ2n) is 6.73. The van der Waals surface area contributed by atoms with Gasteiger partial charge in [-0.1, -0.05) is 16.6 Å². The molecule has 0 saturated carbocycles. The Balaban J connectivity index is 1.21. The number of rotatable bonds is 7. The molecule has 0 atom stereocenters. The molecule has 1 aromatic heterocycles. The number of ether oxygens (including phenoxy) is 1. The Bertz CT molecular complexity index is 1000. The van der Waals surface area contributed by atoms with Crippen molar-refractivity contribution in [2.24, 2.45) is 0 Å². The Morgan fingerprint density at radius 3 is 2.83 bits per heavy atom. The average Bonchev–Trinajstić information content (AvgIpc) is 3.27. The van der Waals surface area contributed by atoms with E-state index in [1.807, 2.05) is 47.8 Å². The van der Waals surface area contributed by atoms with E-state index in [2.05, 4.69) is 20.2 Å². The highest BCUT2D eigenvalue weighted by atomic mass is 32.1. The summed E-state index contributed by atoms with van der Waals surface area (Å²) >= 11 is 1.31. The first kappa shape index (κ1) is 19.1. The van der Waals surface area contributed by atoms with Crippen LogP contribution in [-0.2, 0) is 16.0 Å². The van der Waals surface area contributed by atoms with Gasteiger partial charge in [-0.3, -0.25) is 9.59 Å². The highest BCUT2D eigenvalue weighted by Crippen LogP contribution is 2.27. The zero-order valence-electron chi connectivity index (χ0n) is 15.7. The molecule has 2 heterocycles. The Morgan fingerprint density at radius 1 is 1.17 bits per heavy atom.